The molecule has 0 amide bonds. The summed E-state index contributed by atoms with van der Waals surface area (Å²) >= 11 is 3.62. The van der Waals surface area contributed by atoms with Gasteiger partial charge >= 0.3 is 34.5 Å². The van der Waals surface area contributed by atoms with Gasteiger partial charge < -0.3 is 11.0 Å². The van der Waals surface area contributed by atoms with Gasteiger partial charge in [-0.3, -0.25) is 6.58 Å². The second kappa shape index (κ2) is 8.42. The summed E-state index contributed by atoms with van der Waals surface area (Å²) in [4.78, 5) is 2.08. The van der Waals surface area contributed by atoms with E-state index in [0.717, 1.165) is 6.42 Å². The molecule has 0 aliphatic heterocycles. The Morgan fingerprint density at radius 1 is 1.29 bits per heavy atom. The zero-order valence-electron chi connectivity index (χ0n) is 8.76. The predicted molar refractivity (Wildman–Crippen MR) is 67.4 cm³/mol. The van der Waals surface area contributed by atoms with Gasteiger partial charge in [-0.2, -0.15) is 6.42 Å². The molecule has 0 aliphatic rings. The van der Waals surface area contributed by atoms with Gasteiger partial charge in [0.2, 0.25) is 0 Å². The Morgan fingerprint density at radius 3 is 2.14 bits per heavy atom. The summed E-state index contributed by atoms with van der Waals surface area (Å²) in [5.41, 5.74) is 2.48. The predicted octanol–water partition coefficient (Wildman–Crippen LogP) is 3.17. The molecule has 14 heavy (non-hydrogen) atoms. The first-order chi connectivity index (χ1) is 6.74. The van der Waals surface area contributed by atoms with E-state index in [1.807, 2.05) is 14.1 Å². The maximum absolute atomic E-state index is 3.58. The molecular formula is C11H14INZn. The van der Waals surface area contributed by atoms with Crippen LogP contribution in [0.2, 0.25) is 0 Å². The molecule has 0 fully saturated rings. The molecule has 1 aromatic rings. The maximum atomic E-state index is 3.58. The minimum absolute atomic E-state index is 0.827. The van der Waals surface area contributed by atoms with Crippen LogP contribution in [0.25, 0.3) is 0 Å². The molecule has 0 aromatic heterocycles. The first-order valence-corrected chi connectivity index (χ1v) is 13.3. The Kier molecular flexibility index (Phi) is 8.49. The third-order valence-corrected chi connectivity index (χ3v) is 1.78. The Morgan fingerprint density at radius 2 is 1.79 bits per heavy atom. The first-order valence-electron chi connectivity index (χ1n) is 4.27. The molecule has 0 heterocycles. The fourth-order valence-electron chi connectivity index (χ4n) is 1.06. The van der Waals surface area contributed by atoms with Gasteiger partial charge in [-0.05, 0) is 12.1 Å². The van der Waals surface area contributed by atoms with E-state index in [9.17, 15) is 0 Å². The van der Waals surface area contributed by atoms with Crippen LogP contribution in [0.4, 0.5) is 5.69 Å². The van der Waals surface area contributed by atoms with Crippen LogP contribution < -0.4 is 4.90 Å². The van der Waals surface area contributed by atoms with E-state index in [1.165, 1.54) is 26.0 Å². The summed E-state index contributed by atoms with van der Waals surface area (Å²) in [5.74, 6) is 0. The van der Waals surface area contributed by atoms with Crippen molar-refractivity contribution in [2.24, 2.45) is 0 Å². The fourth-order valence-corrected chi connectivity index (χ4v) is 1.06. The Hall–Kier alpha value is 0.113. The number of benzene rings is 1. The van der Waals surface area contributed by atoms with E-state index < -0.39 is 0 Å². The molecule has 1 nitrogen and oxygen atoms in total. The van der Waals surface area contributed by atoms with Crippen molar-refractivity contribution in [2.75, 3.05) is 19.0 Å². The van der Waals surface area contributed by atoms with Gasteiger partial charge in [0.25, 0.3) is 0 Å². The van der Waals surface area contributed by atoms with Crippen molar-refractivity contribution < 1.29 is 14.8 Å². The summed E-state index contributed by atoms with van der Waals surface area (Å²) in [7, 11) is 4.07. The number of anilines is 1. The topological polar surface area (TPSA) is 3.24 Å². The van der Waals surface area contributed by atoms with Crippen LogP contribution in [0.5, 0.6) is 0 Å². The van der Waals surface area contributed by atoms with Gasteiger partial charge in [-0.25, -0.2) is 0 Å². The number of rotatable bonds is 3. The molecule has 0 radical (unpaired) electrons. The molecule has 0 saturated carbocycles. The summed E-state index contributed by atoms with van der Waals surface area (Å²) in [6, 6.07) is 8.42. The standard InChI is InChI=1S/C11H14N.HI.Zn/c1-4-5-10-6-8-11(9-7-10)12(2)3;;/h6-9H,1,5H2,2-3H3;1H;/q-1;;+2/p-1. The summed E-state index contributed by atoms with van der Waals surface area (Å²) in [5, 5.41) is 0. The molecule has 0 atom stereocenters. The second-order valence-electron chi connectivity index (χ2n) is 2.99. The average Bonchev–Trinajstić information content (AvgIpc) is 2.22. The Bertz CT molecular complexity index is 256. The number of nitrogens with zero attached hydrogens (tertiary/aromatic N) is 1. The Balaban J connectivity index is 0.000000791. The molecule has 3 heteroatoms. The van der Waals surface area contributed by atoms with Gasteiger partial charge in [-0.1, -0.05) is 17.7 Å². The van der Waals surface area contributed by atoms with Gasteiger partial charge in [-0.15, -0.1) is 0 Å². The van der Waals surface area contributed by atoms with Crippen molar-refractivity contribution in [3.63, 3.8) is 0 Å². The monoisotopic (exact) mass is 351 g/mol. The van der Waals surface area contributed by atoms with Gasteiger partial charge in [0.1, 0.15) is 0 Å². The molecule has 72 valence electrons. The minimum atomic E-state index is 0.827. The molecule has 0 bridgehead atoms. The van der Waals surface area contributed by atoms with Crippen LogP contribution in [0.15, 0.2) is 30.8 Å². The van der Waals surface area contributed by atoms with Crippen LogP contribution >= 0.6 is 19.8 Å². The first kappa shape index (κ1) is 14.1. The third kappa shape index (κ3) is 5.11. The van der Waals surface area contributed by atoms with Crippen molar-refractivity contribution in [3.8, 4) is 0 Å². The van der Waals surface area contributed by atoms with E-state index in [0.29, 0.717) is 0 Å². The van der Waals surface area contributed by atoms with Crippen LogP contribution in [0.3, 0.4) is 0 Å². The summed E-state index contributed by atoms with van der Waals surface area (Å²) in [6.07, 6.45) is 3.70. The Labute approximate surface area is 107 Å². The van der Waals surface area contributed by atoms with E-state index in [4.69, 9.17) is 0 Å². The van der Waals surface area contributed by atoms with E-state index >= 15 is 0 Å². The van der Waals surface area contributed by atoms with Crippen LogP contribution in [-0.2, 0) is 21.2 Å². The SMILES string of the molecule is C=[C-]Cc1ccc(N(C)C)cc1.[Zn+][I]. The van der Waals surface area contributed by atoms with Crippen LogP contribution in [0, 0.1) is 6.08 Å². The quantitative estimate of drug-likeness (QED) is 0.459. The molecule has 1 rings (SSSR count). The van der Waals surface area contributed by atoms with Crippen molar-refractivity contribution in [1.29, 1.82) is 0 Å². The second-order valence-corrected chi connectivity index (χ2v) is 2.99. The zero-order chi connectivity index (χ0) is 11.0. The third-order valence-electron chi connectivity index (χ3n) is 1.78. The molecule has 0 spiro atoms. The van der Waals surface area contributed by atoms with Crippen molar-refractivity contribution in [3.05, 3.63) is 42.5 Å². The zero-order valence-corrected chi connectivity index (χ0v) is 13.9. The van der Waals surface area contributed by atoms with Gasteiger partial charge in [0.15, 0.2) is 0 Å². The molecule has 0 N–H and O–H groups in total. The number of halogens is 1. The average molecular weight is 353 g/mol. The number of allylic oxidation sites excluding steroid dienone is 1. The van der Waals surface area contributed by atoms with E-state index in [2.05, 4.69) is 61.6 Å². The summed E-state index contributed by atoms with van der Waals surface area (Å²) in [6.45, 7) is 3.58. The molecule has 0 aliphatic carbocycles. The molecule has 0 saturated heterocycles. The van der Waals surface area contributed by atoms with Gasteiger partial charge in [0, 0.05) is 19.8 Å². The van der Waals surface area contributed by atoms with Crippen molar-refractivity contribution in [1.82, 2.24) is 0 Å². The number of hydrogen-bond acceptors (Lipinski definition) is 1. The van der Waals surface area contributed by atoms with E-state index in [-0.39, 0.29) is 0 Å². The fraction of sp³-hybridized carbons (Fsp3) is 0.273. The normalized spacial score (nSPS) is 8.64. The molecule has 0 unspecified atom stereocenters. The summed E-state index contributed by atoms with van der Waals surface area (Å²) < 4.78 is 0. The van der Waals surface area contributed by atoms with Crippen LogP contribution in [-0.4, -0.2) is 14.1 Å². The molecule has 1 aromatic carbocycles. The van der Waals surface area contributed by atoms with Crippen LogP contribution in [0.1, 0.15) is 5.56 Å². The van der Waals surface area contributed by atoms with E-state index in [1.54, 1.807) is 0 Å². The van der Waals surface area contributed by atoms with Crippen molar-refractivity contribution in [2.45, 2.75) is 6.42 Å². The van der Waals surface area contributed by atoms with Crippen molar-refractivity contribution >= 4 is 25.4 Å². The molecular weight excluding hydrogens is 338 g/mol. The number of hydrogen-bond donors (Lipinski definition) is 0. The van der Waals surface area contributed by atoms with Gasteiger partial charge in [0.05, 0.1) is 0 Å².